The first kappa shape index (κ1) is 20.1. The van der Waals surface area contributed by atoms with E-state index in [1.165, 1.54) is 11.3 Å². The molecule has 2 atom stereocenters. The number of rotatable bonds is 6. The molecule has 1 aliphatic rings. The van der Waals surface area contributed by atoms with Gasteiger partial charge in [-0.2, -0.15) is 0 Å². The van der Waals surface area contributed by atoms with Gasteiger partial charge in [0.05, 0.1) is 12.1 Å². The number of carbonyl (C=O) groups excluding carboxylic acids is 1. The normalized spacial score (nSPS) is 18.3. The third kappa shape index (κ3) is 5.37. The van der Waals surface area contributed by atoms with Crippen molar-refractivity contribution in [2.75, 3.05) is 20.2 Å². The van der Waals surface area contributed by atoms with Gasteiger partial charge in [-0.25, -0.2) is 14.6 Å². The van der Waals surface area contributed by atoms with Gasteiger partial charge in [-0.3, -0.25) is 4.90 Å². The van der Waals surface area contributed by atoms with Crippen LogP contribution in [0.5, 0.6) is 0 Å². The van der Waals surface area contributed by atoms with Gasteiger partial charge in [-0.05, 0) is 36.7 Å². The standard InChI is InChI=1S/C15H22BrN3O5S/c1-15(2,3)24-14(22)18-10(13(20)21)11(12-17-9(16)7-25-12)19-5-8(6-19)23-4/h7-8,10-11H,5-6H2,1-4H3,(H,18,22)(H,20,21)/t10-,11-/m0/s1. The van der Waals surface area contributed by atoms with E-state index in [1.807, 2.05) is 4.90 Å². The molecule has 2 rings (SSSR count). The molecule has 2 heterocycles. The Morgan fingerprint density at radius 2 is 2.12 bits per heavy atom. The number of hydrogen-bond acceptors (Lipinski definition) is 7. The monoisotopic (exact) mass is 435 g/mol. The Kier molecular flexibility index (Phi) is 6.41. The largest absolute Gasteiger partial charge is 0.480 e. The molecule has 0 bridgehead atoms. The molecule has 1 aromatic rings. The number of carboxylic acids is 1. The summed E-state index contributed by atoms with van der Waals surface area (Å²) in [5.41, 5.74) is -0.718. The highest BCUT2D eigenvalue weighted by Crippen LogP contribution is 2.33. The molecule has 0 aliphatic carbocycles. The van der Waals surface area contributed by atoms with Gasteiger partial charge >= 0.3 is 12.1 Å². The number of nitrogens with zero attached hydrogens (tertiary/aromatic N) is 2. The summed E-state index contributed by atoms with van der Waals surface area (Å²) in [5.74, 6) is -1.15. The van der Waals surface area contributed by atoms with E-state index in [0.29, 0.717) is 22.7 Å². The molecular weight excluding hydrogens is 414 g/mol. The molecule has 140 valence electrons. The lowest BCUT2D eigenvalue weighted by Gasteiger charge is -2.44. The van der Waals surface area contributed by atoms with Gasteiger partial charge in [0.1, 0.15) is 15.2 Å². The highest BCUT2D eigenvalue weighted by atomic mass is 79.9. The molecule has 0 saturated carbocycles. The second-order valence-corrected chi connectivity index (χ2v) is 8.43. The van der Waals surface area contributed by atoms with Crippen LogP contribution in [0.4, 0.5) is 4.79 Å². The van der Waals surface area contributed by atoms with E-state index in [9.17, 15) is 14.7 Å². The number of likely N-dealkylation sites (tertiary alicyclic amines) is 1. The minimum absolute atomic E-state index is 0.0434. The van der Waals surface area contributed by atoms with E-state index >= 15 is 0 Å². The summed E-state index contributed by atoms with van der Waals surface area (Å²) < 4.78 is 11.1. The molecule has 0 aromatic carbocycles. The first-order valence-corrected chi connectivity index (χ1v) is 9.38. The van der Waals surface area contributed by atoms with Gasteiger partial charge in [0.25, 0.3) is 0 Å². The van der Waals surface area contributed by atoms with Crippen LogP contribution >= 0.6 is 27.3 Å². The number of carbonyl (C=O) groups is 2. The average Bonchev–Trinajstić information content (AvgIpc) is 2.84. The smallest absolute Gasteiger partial charge is 0.408 e. The van der Waals surface area contributed by atoms with Crippen LogP contribution in [-0.4, -0.2) is 65.0 Å². The maximum atomic E-state index is 12.1. The second kappa shape index (κ2) is 7.98. The second-order valence-electron chi connectivity index (χ2n) is 6.73. The number of amides is 1. The molecule has 8 nitrogen and oxygen atoms in total. The number of aromatic nitrogens is 1. The van der Waals surface area contributed by atoms with Crippen molar-refractivity contribution in [3.05, 3.63) is 15.0 Å². The van der Waals surface area contributed by atoms with Crippen molar-refractivity contribution < 1.29 is 24.2 Å². The average molecular weight is 436 g/mol. The molecular formula is C15H22BrN3O5S. The summed E-state index contributed by atoms with van der Waals surface area (Å²) in [4.78, 5) is 30.2. The fraction of sp³-hybridized carbons (Fsp3) is 0.667. The number of ether oxygens (including phenoxy) is 2. The van der Waals surface area contributed by atoms with Crippen molar-refractivity contribution in [2.45, 2.75) is 44.6 Å². The Morgan fingerprint density at radius 3 is 2.56 bits per heavy atom. The van der Waals surface area contributed by atoms with E-state index in [4.69, 9.17) is 9.47 Å². The van der Waals surface area contributed by atoms with Crippen LogP contribution < -0.4 is 5.32 Å². The number of hydrogen-bond donors (Lipinski definition) is 2. The predicted molar refractivity (Wildman–Crippen MR) is 95.7 cm³/mol. The molecule has 1 aromatic heterocycles. The summed E-state index contributed by atoms with van der Waals surface area (Å²) in [5, 5.41) is 14.5. The summed E-state index contributed by atoms with van der Waals surface area (Å²) in [6.45, 7) is 6.29. The number of carboxylic acid groups (broad SMARTS) is 1. The van der Waals surface area contributed by atoms with Crippen molar-refractivity contribution in [2.24, 2.45) is 0 Å². The Labute approximate surface area is 158 Å². The van der Waals surface area contributed by atoms with E-state index in [1.54, 1.807) is 33.3 Å². The predicted octanol–water partition coefficient (Wildman–Crippen LogP) is 2.26. The number of methoxy groups -OCH3 is 1. The van der Waals surface area contributed by atoms with Crippen LogP contribution in [0, 0.1) is 0 Å². The minimum Gasteiger partial charge on any atom is -0.480 e. The fourth-order valence-electron chi connectivity index (χ4n) is 2.47. The summed E-state index contributed by atoms with van der Waals surface area (Å²) in [7, 11) is 1.62. The molecule has 1 saturated heterocycles. The quantitative estimate of drug-likeness (QED) is 0.706. The minimum atomic E-state index is -1.19. The van der Waals surface area contributed by atoms with Gasteiger partial charge in [-0.15, -0.1) is 11.3 Å². The highest BCUT2D eigenvalue weighted by Gasteiger charge is 2.43. The molecule has 1 fully saturated rings. The molecule has 0 spiro atoms. The van der Waals surface area contributed by atoms with Gasteiger partial charge in [0.15, 0.2) is 6.04 Å². The first-order valence-electron chi connectivity index (χ1n) is 7.71. The van der Waals surface area contributed by atoms with Crippen LogP contribution in [0.2, 0.25) is 0 Å². The Balaban J connectivity index is 2.22. The third-order valence-corrected chi connectivity index (χ3v) is 5.23. The van der Waals surface area contributed by atoms with Crippen molar-refractivity contribution in [1.29, 1.82) is 0 Å². The molecule has 0 radical (unpaired) electrons. The maximum Gasteiger partial charge on any atom is 0.408 e. The topological polar surface area (TPSA) is 101 Å². The Bertz CT molecular complexity index is 627. The lowest BCUT2D eigenvalue weighted by molar-refractivity contribution is -0.144. The van der Waals surface area contributed by atoms with Crippen LogP contribution in [0.25, 0.3) is 0 Å². The van der Waals surface area contributed by atoms with Crippen molar-refractivity contribution in [1.82, 2.24) is 15.2 Å². The zero-order valence-electron chi connectivity index (χ0n) is 14.5. The van der Waals surface area contributed by atoms with Crippen LogP contribution in [-0.2, 0) is 14.3 Å². The highest BCUT2D eigenvalue weighted by molar-refractivity contribution is 9.10. The zero-order chi connectivity index (χ0) is 18.8. The van der Waals surface area contributed by atoms with E-state index in [-0.39, 0.29) is 6.10 Å². The van der Waals surface area contributed by atoms with Crippen molar-refractivity contribution in [3.8, 4) is 0 Å². The lowest BCUT2D eigenvalue weighted by Crippen LogP contribution is -2.59. The Hall–Kier alpha value is -1.23. The van der Waals surface area contributed by atoms with Crippen molar-refractivity contribution in [3.63, 3.8) is 0 Å². The number of nitrogens with one attached hydrogen (secondary N) is 1. The molecule has 1 aliphatic heterocycles. The molecule has 10 heteroatoms. The summed E-state index contributed by atoms with van der Waals surface area (Å²) in [6, 6.07) is -1.79. The van der Waals surface area contributed by atoms with Gasteiger partial charge < -0.3 is 19.9 Å². The van der Waals surface area contributed by atoms with E-state index in [2.05, 4.69) is 26.2 Å². The van der Waals surface area contributed by atoms with Crippen LogP contribution in [0.15, 0.2) is 9.98 Å². The molecule has 25 heavy (non-hydrogen) atoms. The SMILES string of the molecule is COC1CN([C@H](c2nc(Br)cs2)[C@H](NC(=O)OC(C)(C)C)C(=O)O)C1. The molecule has 1 amide bonds. The lowest BCUT2D eigenvalue weighted by atomic mass is 10.0. The third-order valence-electron chi connectivity index (χ3n) is 3.60. The van der Waals surface area contributed by atoms with Crippen LogP contribution in [0.3, 0.4) is 0 Å². The number of aliphatic carboxylic acids is 1. The molecule has 0 unspecified atom stereocenters. The molecule has 2 N–H and O–H groups in total. The van der Waals surface area contributed by atoms with Gasteiger partial charge in [0, 0.05) is 25.6 Å². The van der Waals surface area contributed by atoms with E-state index < -0.39 is 29.7 Å². The zero-order valence-corrected chi connectivity index (χ0v) is 16.9. The van der Waals surface area contributed by atoms with E-state index in [0.717, 1.165) is 0 Å². The Morgan fingerprint density at radius 1 is 1.48 bits per heavy atom. The van der Waals surface area contributed by atoms with Gasteiger partial charge in [-0.1, -0.05) is 0 Å². The van der Waals surface area contributed by atoms with Gasteiger partial charge in [0.2, 0.25) is 0 Å². The summed E-state index contributed by atoms with van der Waals surface area (Å²) >= 11 is 4.62. The fourth-order valence-corrected chi connectivity index (χ4v) is 3.90. The number of thiazole rings is 1. The van der Waals surface area contributed by atoms with Crippen molar-refractivity contribution >= 4 is 39.3 Å². The van der Waals surface area contributed by atoms with Crippen LogP contribution in [0.1, 0.15) is 31.8 Å². The number of alkyl carbamates (subject to hydrolysis) is 1. The first-order chi connectivity index (χ1) is 11.6. The summed E-state index contributed by atoms with van der Waals surface area (Å²) in [6.07, 6.45) is -0.730. The maximum absolute atomic E-state index is 12.1. The number of halogens is 1.